The van der Waals surface area contributed by atoms with Crippen LogP contribution >= 0.6 is 0 Å². The molecule has 1 aromatic carbocycles. The minimum atomic E-state index is -2.83. The number of benzene rings is 1. The predicted molar refractivity (Wildman–Crippen MR) is 101 cm³/mol. The van der Waals surface area contributed by atoms with Crippen LogP contribution in [0, 0.1) is 12.8 Å². The Morgan fingerprint density at radius 3 is 2.88 bits per heavy atom. The van der Waals surface area contributed by atoms with Crippen molar-refractivity contribution in [2.24, 2.45) is 10.9 Å². The number of nitrogens with zero attached hydrogens (tertiary/aromatic N) is 2. The number of hydrogen-bond acceptors (Lipinski definition) is 3. The Kier molecular flexibility index (Phi) is 8.09. The van der Waals surface area contributed by atoms with E-state index < -0.39 is 6.61 Å². The molecule has 26 heavy (non-hydrogen) atoms. The molecule has 0 aromatic heterocycles. The molecule has 1 fully saturated rings. The standard InChI is InChI=1S/C19H30F2N4O/c1-4-8-25-9-7-15(13-25)11-23-19(22-3)24-12-16-10-14(2)5-6-17(16)26-18(20)21/h5-6,10,15,18H,4,7-9,11-13H2,1-3H3,(H2,22,23,24). The van der Waals surface area contributed by atoms with Crippen LogP contribution in [0.2, 0.25) is 0 Å². The van der Waals surface area contributed by atoms with E-state index in [1.807, 2.05) is 13.0 Å². The first-order valence-corrected chi connectivity index (χ1v) is 9.23. The van der Waals surface area contributed by atoms with E-state index in [-0.39, 0.29) is 5.75 Å². The van der Waals surface area contributed by atoms with Crippen molar-refractivity contribution < 1.29 is 13.5 Å². The van der Waals surface area contributed by atoms with Crippen LogP contribution in [0.15, 0.2) is 23.2 Å². The van der Waals surface area contributed by atoms with E-state index in [1.165, 1.54) is 12.8 Å². The minimum Gasteiger partial charge on any atom is -0.434 e. The summed E-state index contributed by atoms with van der Waals surface area (Å²) in [4.78, 5) is 6.71. The van der Waals surface area contributed by atoms with Gasteiger partial charge in [-0.25, -0.2) is 0 Å². The predicted octanol–water partition coefficient (Wildman–Crippen LogP) is 2.99. The van der Waals surface area contributed by atoms with Crippen LogP contribution in [0.3, 0.4) is 0 Å². The molecule has 0 aliphatic carbocycles. The summed E-state index contributed by atoms with van der Waals surface area (Å²) in [5.41, 5.74) is 1.68. The van der Waals surface area contributed by atoms with Crippen LogP contribution in [-0.2, 0) is 6.54 Å². The number of aliphatic imine (C=N–C) groups is 1. The summed E-state index contributed by atoms with van der Waals surface area (Å²) in [5, 5.41) is 6.53. The lowest BCUT2D eigenvalue weighted by Gasteiger charge is -2.18. The second-order valence-electron chi connectivity index (χ2n) is 6.75. The molecular formula is C19H30F2N4O. The number of rotatable bonds is 8. The lowest BCUT2D eigenvalue weighted by atomic mass is 10.1. The molecule has 1 aromatic rings. The van der Waals surface area contributed by atoms with Gasteiger partial charge in [-0.3, -0.25) is 4.99 Å². The topological polar surface area (TPSA) is 48.9 Å². The molecule has 0 radical (unpaired) electrons. The van der Waals surface area contributed by atoms with Gasteiger partial charge in [0, 0.05) is 32.2 Å². The van der Waals surface area contributed by atoms with Crippen LogP contribution in [0.1, 0.15) is 30.9 Å². The molecule has 0 saturated carbocycles. The zero-order valence-electron chi connectivity index (χ0n) is 15.9. The molecule has 2 N–H and O–H groups in total. The summed E-state index contributed by atoms with van der Waals surface area (Å²) in [6.45, 7) is 5.95. The van der Waals surface area contributed by atoms with Gasteiger partial charge in [0.1, 0.15) is 5.75 Å². The number of nitrogens with one attached hydrogen (secondary N) is 2. The highest BCUT2D eigenvalue weighted by atomic mass is 19.3. The van der Waals surface area contributed by atoms with Crippen molar-refractivity contribution in [3.8, 4) is 5.75 Å². The molecule has 0 amide bonds. The Labute approximate surface area is 154 Å². The van der Waals surface area contributed by atoms with Gasteiger partial charge in [0.2, 0.25) is 0 Å². The molecule has 1 unspecified atom stereocenters. The molecule has 2 rings (SSSR count). The summed E-state index contributed by atoms with van der Waals surface area (Å²) >= 11 is 0. The van der Waals surface area contributed by atoms with Crippen molar-refractivity contribution in [1.82, 2.24) is 15.5 Å². The third-order valence-corrected chi connectivity index (χ3v) is 4.57. The average Bonchev–Trinajstić information content (AvgIpc) is 3.05. The van der Waals surface area contributed by atoms with Gasteiger partial charge < -0.3 is 20.3 Å². The highest BCUT2D eigenvalue weighted by Gasteiger charge is 2.21. The normalized spacial score (nSPS) is 18.4. The molecule has 0 spiro atoms. The molecule has 146 valence electrons. The molecule has 1 aliphatic rings. The SMILES string of the molecule is CCCN1CCC(CNC(=NC)NCc2cc(C)ccc2OC(F)F)C1. The fourth-order valence-electron chi connectivity index (χ4n) is 3.30. The molecule has 1 saturated heterocycles. The highest BCUT2D eigenvalue weighted by molar-refractivity contribution is 5.79. The van der Waals surface area contributed by atoms with Gasteiger partial charge in [-0.2, -0.15) is 8.78 Å². The molecule has 1 aliphatic heterocycles. The quantitative estimate of drug-likeness (QED) is 0.547. The first-order valence-electron chi connectivity index (χ1n) is 9.23. The van der Waals surface area contributed by atoms with Gasteiger partial charge in [-0.15, -0.1) is 0 Å². The fourth-order valence-corrected chi connectivity index (χ4v) is 3.30. The van der Waals surface area contributed by atoms with Gasteiger partial charge in [-0.1, -0.05) is 24.6 Å². The van der Waals surface area contributed by atoms with Gasteiger partial charge in [0.05, 0.1) is 0 Å². The van der Waals surface area contributed by atoms with E-state index in [1.54, 1.807) is 19.2 Å². The second kappa shape index (κ2) is 10.3. The monoisotopic (exact) mass is 368 g/mol. The number of halogens is 2. The second-order valence-corrected chi connectivity index (χ2v) is 6.75. The van der Waals surface area contributed by atoms with Crippen molar-refractivity contribution >= 4 is 5.96 Å². The molecule has 1 atom stereocenters. The maximum atomic E-state index is 12.6. The van der Waals surface area contributed by atoms with Gasteiger partial charge in [0.25, 0.3) is 0 Å². The van der Waals surface area contributed by atoms with E-state index in [4.69, 9.17) is 0 Å². The Morgan fingerprint density at radius 1 is 1.38 bits per heavy atom. The third-order valence-electron chi connectivity index (χ3n) is 4.57. The van der Waals surface area contributed by atoms with E-state index >= 15 is 0 Å². The largest absolute Gasteiger partial charge is 0.434 e. The number of hydrogen-bond donors (Lipinski definition) is 2. The number of guanidine groups is 1. The van der Waals surface area contributed by atoms with Crippen molar-refractivity contribution in [3.63, 3.8) is 0 Å². The highest BCUT2D eigenvalue weighted by Crippen LogP contribution is 2.22. The maximum absolute atomic E-state index is 12.6. The summed E-state index contributed by atoms with van der Waals surface area (Å²) in [7, 11) is 1.71. The summed E-state index contributed by atoms with van der Waals surface area (Å²) in [5.74, 6) is 1.47. The van der Waals surface area contributed by atoms with E-state index in [0.717, 1.165) is 31.7 Å². The number of likely N-dealkylation sites (tertiary alicyclic amines) is 1. The number of aryl methyl sites for hydroxylation is 1. The van der Waals surface area contributed by atoms with Crippen LogP contribution < -0.4 is 15.4 Å². The Hall–Kier alpha value is -1.89. The number of ether oxygens (including phenoxy) is 1. The third kappa shape index (κ3) is 6.44. The number of alkyl halides is 2. The first kappa shape index (κ1) is 20.4. The minimum absolute atomic E-state index is 0.194. The van der Waals surface area contributed by atoms with Crippen molar-refractivity contribution in [2.45, 2.75) is 39.8 Å². The van der Waals surface area contributed by atoms with Gasteiger partial charge >= 0.3 is 6.61 Å². The summed E-state index contributed by atoms with van der Waals surface area (Å²) in [6, 6.07) is 5.18. The summed E-state index contributed by atoms with van der Waals surface area (Å²) in [6.07, 6.45) is 2.37. The van der Waals surface area contributed by atoms with E-state index in [2.05, 4.69) is 32.2 Å². The summed E-state index contributed by atoms with van der Waals surface area (Å²) < 4.78 is 29.7. The average molecular weight is 368 g/mol. The van der Waals surface area contributed by atoms with Crippen LogP contribution in [-0.4, -0.2) is 50.7 Å². The van der Waals surface area contributed by atoms with Crippen LogP contribution in [0.5, 0.6) is 5.75 Å². The lowest BCUT2D eigenvalue weighted by Crippen LogP contribution is -2.40. The molecule has 1 heterocycles. The Bertz CT molecular complexity index is 595. The maximum Gasteiger partial charge on any atom is 0.387 e. The van der Waals surface area contributed by atoms with Crippen molar-refractivity contribution in [1.29, 1.82) is 0 Å². The zero-order valence-corrected chi connectivity index (χ0v) is 15.9. The van der Waals surface area contributed by atoms with Gasteiger partial charge in [0.15, 0.2) is 5.96 Å². The van der Waals surface area contributed by atoms with Crippen LogP contribution in [0.4, 0.5) is 8.78 Å². The van der Waals surface area contributed by atoms with Crippen molar-refractivity contribution in [2.75, 3.05) is 33.2 Å². The van der Waals surface area contributed by atoms with Crippen LogP contribution in [0.25, 0.3) is 0 Å². The first-order chi connectivity index (χ1) is 12.5. The van der Waals surface area contributed by atoms with Crippen molar-refractivity contribution in [3.05, 3.63) is 29.3 Å². The molecular weight excluding hydrogens is 338 g/mol. The molecule has 7 heteroatoms. The fraction of sp³-hybridized carbons (Fsp3) is 0.632. The molecule has 5 nitrogen and oxygen atoms in total. The lowest BCUT2D eigenvalue weighted by molar-refractivity contribution is -0.0504. The van der Waals surface area contributed by atoms with Gasteiger partial charge in [-0.05, 0) is 44.8 Å². The molecule has 0 bridgehead atoms. The smallest absolute Gasteiger partial charge is 0.387 e. The Balaban J connectivity index is 1.84. The van der Waals surface area contributed by atoms with E-state index in [9.17, 15) is 8.78 Å². The Morgan fingerprint density at radius 2 is 2.19 bits per heavy atom. The zero-order chi connectivity index (χ0) is 18.9. The van der Waals surface area contributed by atoms with E-state index in [0.29, 0.717) is 24.0 Å².